The number of hydrogen-bond donors (Lipinski definition) is 1. The van der Waals surface area contributed by atoms with Crippen molar-refractivity contribution < 1.29 is 5.11 Å². The summed E-state index contributed by atoms with van der Waals surface area (Å²) < 4.78 is 0. The van der Waals surface area contributed by atoms with Crippen LogP contribution in [0.5, 0.6) is 0 Å². The predicted molar refractivity (Wildman–Crippen MR) is 39.5 cm³/mol. The molecule has 0 aliphatic heterocycles. The molecular formula is C7H17NO. The molecule has 0 saturated heterocycles. The summed E-state index contributed by atoms with van der Waals surface area (Å²) in [6, 6.07) is 0.356. The van der Waals surface area contributed by atoms with Crippen LogP contribution in [-0.2, 0) is 0 Å². The fraction of sp³-hybridized carbons (Fsp3) is 1.00. The van der Waals surface area contributed by atoms with E-state index in [-0.39, 0.29) is 6.61 Å². The normalized spacial score (nSPS) is 14.3. The molecule has 0 aliphatic carbocycles. The molecule has 0 unspecified atom stereocenters. The van der Waals surface area contributed by atoms with E-state index in [1.807, 2.05) is 14.1 Å². The maximum atomic E-state index is 8.79. The van der Waals surface area contributed by atoms with Crippen molar-refractivity contribution in [2.45, 2.75) is 25.8 Å². The van der Waals surface area contributed by atoms with Crippen molar-refractivity contribution in [3.63, 3.8) is 0 Å². The van der Waals surface area contributed by atoms with Gasteiger partial charge in [-0.1, -0.05) is 13.3 Å². The van der Waals surface area contributed by atoms with Crippen molar-refractivity contribution >= 4 is 0 Å². The van der Waals surface area contributed by atoms with E-state index in [4.69, 9.17) is 5.11 Å². The van der Waals surface area contributed by atoms with E-state index in [1.54, 1.807) is 0 Å². The fourth-order valence-corrected chi connectivity index (χ4v) is 0.846. The first-order valence-corrected chi connectivity index (χ1v) is 3.49. The van der Waals surface area contributed by atoms with E-state index in [0.29, 0.717) is 6.04 Å². The lowest BCUT2D eigenvalue weighted by atomic mass is 10.2. The summed E-state index contributed by atoms with van der Waals surface area (Å²) in [5.41, 5.74) is 0. The van der Waals surface area contributed by atoms with Gasteiger partial charge >= 0.3 is 0 Å². The number of aliphatic hydroxyl groups is 1. The third kappa shape index (κ3) is 3.49. The monoisotopic (exact) mass is 131 g/mol. The maximum absolute atomic E-state index is 8.79. The highest BCUT2D eigenvalue weighted by molar-refractivity contribution is 4.62. The fourth-order valence-electron chi connectivity index (χ4n) is 0.846. The third-order valence-corrected chi connectivity index (χ3v) is 1.56. The molecule has 0 fully saturated rings. The van der Waals surface area contributed by atoms with Crippen LogP contribution in [0.3, 0.4) is 0 Å². The van der Waals surface area contributed by atoms with Crippen LogP contribution >= 0.6 is 0 Å². The van der Waals surface area contributed by atoms with Gasteiger partial charge in [-0.2, -0.15) is 0 Å². The van der Waals surface area contributed by atoms with Gasteiger partial charge in [-0.25, -0.2) is 0 Å². The van der Waals surface area contributed by atoms with Crippen molar-refractivity contribution in [2.24, 2.45) is 0 Å². The zero-order valence-electron chi connectivity index (χ0n) is 6.59. The topological polar surface area (TPSA) is 23.5 Å². The van der Waals surface area contributed by atoms with Crippen molar-refractivity contribution in [3.8, 4) is 0 Å². The molecule has 0 aromatic carbocycles. The minimum atomic E-state index is 0.279. The zero-order valence-corrected chi connectivity index (χ0v) is 6.59. The number of nitrogens with zero attached hydrogens (tertiary/aromatic N) is 1. The molecule has 0 amide bonds. The van der Waals surface area contributed by atoms with Gasteiger partial charge in [0, 0.05) is 6.04 Å². The Kier molecular flexibility index (Phi) is 4.72. The molecule has 9 heavy (non-hydrogen) atoms. The molecule has 0 aromatic heterocycles. The number of rotatable bonds is 4. The minimum absolute atomic E-state index is 0.279. The molecule has 0 heterocycles. The van der Waals surface area contributed by atoms with E-state index in [1.165, 1.54) is 0 Å². The van der Waals surface area contributed by atoms with E-state index < -0.39 is 0 Å². The Bertz CT molecular complexity index is 63.9. The average molecular weight is 131 g/mol. The summed E-state index contributed by atoms with van der Waals surface area (Å²) in [5, 5.41) is 8.79. The maximum Gasteiger partial charge on any atom is 0.0586 e. The summed E-state index contributed by atoms with van der Waals surface area (Å²) in [5.74, 6) is 0. The zero-order chi connectivity index (χ0) is 7.28. The average Bonchev–Trinajstić information content (AvgIpc) is 1.82. The lowest BCUT2D eigenvalue weighted by Gasteiger charge is -2.20. The molecular weight excluding hydrogens is 114 g/mol. The Hall–Kier alpha value is -0.0800. The van der Waals surface area contributed by atoms with Crippen LogP contribution in [0, 0.1) is 0 Å². The van der Waals surface area contributed by atoms with E-state index in [2.05, 4.69) is 11.8 Å². The Labute approximate surface area is 57.5 Å². The van der Waals surface area contributed by atoms with Gasteiger partial charge in [0.05, 0.1) is 6.61 Å². The van der Waals surface area contributed by atoms with Crippen LogP contribution in [0.4, 0.5) is 0 Å². The highest BCUT2D eigenvalue weighted by atomic mass is 16.3. The predicted octanol–water partition coefficient (Wildman–Crippen LogP) is 0.709. The summed E-state index contributed by atoms with van der Waals surface area (Å²) in [6.07, 6.45) is 2.23. The van der Waals surface area contributed by atoms with Crippen molar-refractivity contribution in [1.82, 2.24) is 4.90 Å². The molecule has 1 atom stereocenters. The molecule has 0 spiro atoms. The molecule has 0 aromatic rings. The molecule has 0 bridgehead atoms. The van der Waals surface area contributed by atoms with E-state index in [9.17, 15) is 0 Å². The molecule has 2 nitrogen and oxygen atoms in total. The van der Waals surface area contributed by atoms with E-state index >= 15 is 0 Å². The van der Waals surface area contributed by atoms with Crippen molar-refractivity contribution in [2.75, 3.05) is 20.7 Å². The Morgan fingerprint density at radius 3 is 2.11 bits per heavy atom. The molecule has 0 rings (SSSR count). The number of likely N-dealkylation sites (N-methyl/N-ethyl adjacent to an activating group) is 1. The first-order chi connectivity index (χ1) is 4.22. The lowest BCUT2D eigenvalue weighted by Crippen LogP contribution is -2.30. The first kappa shape index (κ1) is 8.92. The van der Waals surface area contributed by atoms with Gasteiger partial charge in [0.15, 0.2) is 0 Å². The van der Waals surface area contributed by atoms with Crippen LogP contribution in [-0.4, -0.2) is 36.8 Å². The van der Waals surface area contributed by atoms with Crippen LogP contribution in [0.25, 0.3) is 0 Å². The Morgan fingerprint density at radius 1 is 1.44 bits per heavy atom. The van der Waals surface area contributed by atoms with E-state index in [0.717, 1.165) is 12.8 Å². The lowest BCUT2D eigenvalue weighted by molar-refractivity contribution is 0.161. The minimum Gasteiger partial charge on any atom is -0.395 e. The highest BCUT2D eigenvalue weighted by Crippen LogP contribution is 2.00. The largest absolute Gasteiger partial charge is 0.395 e. The standard InChI is InChI=1S/C7H17NO/c1-4-5-7(6-9)8(2)3/h7,9H,4-6H2,1-3H3/t7-/m0/s1. The molecule has 0 radical (unpaired) electrons. The van der Waals surface area contributed by atoms with Crippen LogP contribution in [0.1, 0.15) is 19.8 Å². The summed E-state index contributed by atoms with van der Waals surface area (Å²) in [6.45, 7) is 2.41. The second-order valence-electron chi connectivity index (χ2n) is 2.59. The van der Waals surface area contributed by atoms with Gasteiger partial charge in [-0.05, 0) is 20.5 Å². The third-order valence-electron chi connectivity index (χ3n) is 1.56. The smallest absolute Gasteiger partial charge is 0.0586 e. The van der Waals surface area contributed by atoms with Crippen LogP contribution < -0.4 is 0 Å². The van der Waals surface area contributed by atoms with Gasteiger partial charge in [0.25, 0.3) is 0 Å². The SMILES string of the molecule is CCC[C@@H](CO)N(C)C. The van der Waals surface area contributed by atoms with Crippen molar-refractivity contribution in [3.05, 3.63) is 0 Å². The van der Waals surface area contributed by atoms with Gasteiger partial charge < -0.3 is 10.0 Å². The molecule has 0 saturated carbocycles. The summed E-state index contributed by atoms with van der Waals surface area (Å²) >= 11 is 0. The van der Waals surface area contributed by atoms with Gasteiger partial charge in [-0.15, -0.1) is 0 Å². The molecule has 1 N–H and O–H groups in total. The van der Waals surface area contributed by atoms with Crippen LogP contribution in [0.2, 0.25) is 0 Å². The molecule has 2 heteroatoms. The second kappa shape index (κ2) is 4.77. The van der Waals surface area contributed by atoms with Gasteiger partial charge in [0.1, 0.15) is 0 Å². The van der Waals surface area contributed by atoms with Gasteiger partial charge in [-0.3, -0.25) is 0 Å². The summed E-state index contributed by atoms with van der Waals surface area (Å²) in [4.78, 5) is 2.06. The quantitative estimate of drug-likeness (QED) is 0.607. The number of aliphatic hydroxyl groups excluding tert-OH is 1. The van der Waals surface area contributed by atoms with Crippen molar-refractivity contribution in [1.29, 1.82) is 0 Å². The first-order valence-electron chi connectivity index (χ1n) is 3.49. The van der Waals surface area contributed by atoms with Crippen LogP contribution in [0.15, 0.2) is 0 Å². The summed E-state index contributed by atoms with van der Waals surface area (Å²) in [7, 11) is 3.99. The number of hydrogen-bond acceptors (Lipinski definition) is 2. The highest BCUT2D eigenvalue weighted by Gasteiger charge is 2.06. The molecule has 56 valence electrons. The molecule has 0 aliphatic rings. The Balaban J connectivity index is 3.41. The second-order valence-corrected chi connectivity index (χ2v) is 2.59. The van der Waals surface area contributed by atoms with Gasteiger partial charge in [0.2, 0.25) is 0 Å². The Morgan fingerprint density at radius 2 is 2.00 bits per heavy atom.